The zero-order valence-corrected chi connectivity index (χ0v) is 23.1. The van der Waals surface area contributed by atoms with Crippen LogP contribution in [0.5, 0.6) is 5.75 Å². The number of hydroxylamine groups is 2. The van der Waals surface area contributed by atoms with Gasteiger partial charge in [0.15, 0.2) is 0 Å². The zero-order chi connectivity index (χ0) is 30.6. The number of hydrogen-bond donors (Lipinski definition) is 2. The minimum Gasteiger partial charge on any atom is -0.507 e. The highest BCUT2D eigenvalue weighted by atomic mass is 35.5. The van der Waals surface area contributed by atoms with E-state index in [9.17, 15) is 32.3 Å². The zero-order valence-electron chi connectivity index (χ0n) is 22.4. The predicted octanol–water partition coefficient (Wildman–Crippen LogP) is 6.90. The molecule has 0 spiro atoms. The molecule has 4 aromatic carbocycles. The van der Waals surface area contributed by atoms with Gasteiger partial charge < -0.3 is 10.4 Å². The first-order valence-electron chi connectivity index (χ1n) is 12.5. The van der Waals surface area contributed by atoms with Gasteiger partial charge in [0.1, 0.15) is 17.6 Å². The van der Waals surface area contributed by atoms with Gasteiger partial charge in [0.05, 0.1) is 23.3 Å². The average molecular weight is 601 g/mol. The first kappa shape index (κ1) is 30.5. The van der Waals surface area contributed by atoms with Crippen LogP contribution in [0.2, 0.25) is 5.02 Å². The highest BCUT2D eigenvalue weighted by molar-refractivity contribution is 6.31. The van der Waals surface area contributed by atoms with Gasteiger partial charge in [0.2, 0.25) is 0 Å². The fraction of sp³-hybridized carbons (Fsp3) is 0.161. The van der Waals surface area contributed by atoms with Crippen LogP contribution in [0, 0.1) is 5.82 Å². The van der Waals surface area contributed by atoms with Gasteiger partial charge in [-0.2, -0.15) is 13.2 Å². The van der Waals surface area contributed by atoms with Crippen LogP contribution >= 0.6 is 11.6 Å². The minimum absolute atomic E-state index is 0.0156. The van der Waals surface area contributed by atoms with Crippen molar-refractivity contribution in [2.45, 2.75) is 18.6 Å². The molecule has 2 amide bonds. The number of rotatable bonds is 8. The molecule has 4 aromatic rings. The van der Waals surface area contributed by atoms with Crippen LogP contribution < -0.4 is 5.32 Å². The lowest BCUT2D eigenvalue weighted by Gasteiger charge is -2.23. The summed E-state index contributed by atoms with van der Waals surface area (Å²) in [5.41, 5.74) is 1.92. The molecule has 218 valence electrons. The third-order valence-corrected chi connectivity index (χ3v) is 6.91. The Morgan fingerprint density at radius 1 is 0.905 bits per heavy atom. The third-order valence-electron chi connectivity index (χ3n) is 6.62. The molecule has 0 saturated heterocycles. The summed E-state index contributed by atoms with van der Waals surface area (Å²) in [5.74, 6) is -2.26. The molecule has 0 saturated carbocycles. The molecule has 0 aliphatic heterocycles. The van der Waals surface area contributed by atoms with Crippen LogP contribution in [0.25, 0.3) is 22.3 Å². The Morgan fingerprint density at radius 3 is 2.02 bits per heavy atom. The number of carbonyl (C=O) groups excluding carboxylic acids is 2. The molecular weight excluding hydrogens is 576 g/mol. The second kappa shape index (κ2) is 12.6. The van der Waals surface area contributed by atoms with E-state index in [4.69, 9.17) is 16.4 Å². The Kier molecular flexibility index (Phi) is 9.18. The molecule has 0 radical (unpaired) electrons. The standard InChI is InChI=1S/C31H25ClF4N2O4/c1-38(42-2)30(41)27(15-18-3-5-19(6-4-18)22-9-13-26(33)25(32)17-22)37-29(40)24-16-21(10-14-28(24)39)20-7-11-23(12-8-20)31(34,35)36/h3-14,16-17,27,39H,15H2,1-2H3,(H,37,40)/t27-/m1/s1. The smallest absolute Gasteiger partial charge is 0.416 e. The second-order valence-electron chi connectivity index (χ2n) is 9.38. The summed E-state index contributed by atoms with van der Waals surface area (Å²) < 4.78 is 52.4. The highest BCUT2D eigenvalue weighted by Crippen LogP contribution is 2.32. The minimum atomic E-state index is -4.50. The summed E-state index contributed by atoms with van der Waals surface area (Å²) in [6, 6.07) is 18.7. The molecule has 2 N–H and O–H groups in total. The molecule has 11 heteroatoms. The van der Waals surface area contributed by atoms with Gasteiger partial charge in [-0.25, -0.2) is 9.45 Å². The predicted molar refractivity (Wildman–Crippen MR) is 150 cm³/mol. The van der Waals surface area contributed by atoms with E-state index in [2.05, 4.69) is 5.32 Å². The monoisotopic (exact) mass is 600 g/mol. The molecule has 0 heterocycles. The molecule has 0 aromatic heterocycles. The molecule has 1 atom stereocenters. The van der Waals surface area contributed by atoms with E-state index in [0.29, 0.717) is 22.3 Å². The number of nitrogens with one attached hydrogen (secondary N) is 1. The summed E-state index contributed by atoms with van der Waals surface area (Å²) >= 11 is 5.89. The Labute approximate surface area is 244 Å². The van der Waals surface area contributed by atoms with E-state index in [1.54, 1.807) is 30.3 Å². The summed E-state index contributed by atoms with van der Waals surface area (Å²) in [5, 5.41) is 14.0. The fourth-order valence-corrected chi connectivity index (χ4v) is 4.42. The number of aromatic hydroxyl groups is 1. The average Bonchev–Trinajstić information content (AvgIpc) is 2.97. The molecule has 0 unspecified atom stereocenters. The molecule has 0 aliphatic rings. The van der Waals surface area contributed by atoms with Crippen LogP contribution in [0.15, 0.2) is 84.9 Å². The lowest BCUT2D eigenvalue weighted by atomic mass is 9.99. The summed E-state index contributed by atoms with van der Waals surface area (Å²) in [6.45, 7) is 0. The quantitative estimate of drug-likeness (QED) is 0.170. The lowest BCUT2D eigenvalue weighted by molar-refractivity contribution is -0.170. The van der Waals surface area contributed by atoms with Crippen LogP contribution in [0.3, 0.4) is 0 Å². The van der Waals surface area contributed by atoms with E-state index < -0.39 is 35.4 Å². The number of benzene rings is 4. The highest BCUT2D eigenvalue weighted by Gasteiger charge is 2.30. The third kappa shape index (κ3) is 7.07. The van der Waals surface area contributed by atoms with Crippen molar-refractivity contribution in [3.8, 4) is 28.0 Å². The molecule has 4 rings (SSSR count). The molecular formula is C31H25ClF4N2O4. The van der Waals surface area contributed by atoms with E-state index in [1.807, 2.05) is 0 Å². The largest absolute Gasteiger partial charge is 0.507 e. The maximum atomic E-state index is 13.5. The molecule has 0 aliphatic carbocycles. The first-order chi connectivity index (χ1) is 19.9. The van der Waals surface area contributed by atoms with Crippen molar-refractivity contribution in [1.29, 1.82) is 0 Å². The Morgan fingerprint density at radius 2 is 1.45 bits per heavy atom. The Hall–Kier alpha value is -4.41. The van der Waals surface area contributed by atoms with E-state index in [-0.39, 0.29) is 22.8 Å². The number of carbonyl (C=O) groups is 2. The van der Waals surface area contributed by atoms with Crippen molar-refractivity contribution >= 4 is 23.4 Å². The number of phenolic OH excluding ortho intramolecular Hbond substituents is 1. The number of likely N-dealkylation sites (N-methyl/N-ethyl adjacent to an activating group) is 1. The van der Waals surface area contributed by atoms with E-state index >= 15 is 0 Å². The number of alkyl halides is 3. The molecule has 42 heavy (non-hydrogen) atoms. The second-order valence-corrected chi connectivity index (χ2v) is 9.79. The number of amides is 2. The van der Waals surface area contributed by atoms with Gasteiger partial charge in [0.25, 0.3) is 11.8 Å². The van der Waals surface area contributed by atoms with Crippen molar-refractivity contribution in [2.75, 3.05) is 14.2 Å². The number of nitrogens with zero attached hydrogens (tertiary/aromatic N) is 1. The van der Waals surface area contributed by atoms with E-state index in [0.717, 1.165) is 22.8 Å². The van der Waals surface area contributed by atoms with Gasteiger partial charge in [-0.3, -0.25) is 14.4 Å². The van der Waals surface area contributed by atoms with Gasteiger partial charge >= 0.3 is 6.18 Å². The molecule has 6 nitrogen and oxygen atoms in total. The van der Waals surface area contributed by atoms with Crippen molar-refractivity contribution in [1.82, 2.24) is 10.4 Å². The van der Waals surface area contributed by atoms with Crippen LogP contribution in [0.4, 0.5) is 17.6 Å². The van der Waals surface area contributed by atoms with Crippen molar-refractivity contribution < 1.29 is 37.1 Å². The Bertz CT molecular complexity index is 1590. The van der Waals surface area contributed by atoms with Gasteiger partial charge in [-0.05, 0) is 64.2 Å². The summed E-state index contributed by atoms with van der Waals surface area (Å²) in [7, 11) is 2.67. The van der Waals surface area contributed by atoms with Gasteiger partial charge in [0, 0.05) is 13.5 Å². The van der Waals surface area contributed by atoms with Crippen molar-refractivity contribution in [2.24, 2.45) is 0 Å². The van der Waals surface area contributed by atoms with E-state index in [1.165, 1.54) is 56.6 Å². The topological polar surface area (TPSA) is 78.9 Å². The molecule has 0 fully saturated rings. The maximum Gasteiger partial charge on any atom is 0.416 e. The number of phenols is 1. The van der Waals surface area contributed by atoms with Gasteiger partial charge in [-0.15, -0.1) is 0 Å². The number of halogens is 5. The van der Waals surface area contributed by atoms with Crippen molar-refractivity contribution in [3.63, 3.8) is 0 Å². The normalized spacial score (nSPS) is 12.1. The lowest BCUT2D eigenvalue weighted by Crippen LogP contribution is -2.48. The van der Waals surface area contributed by atoms with Crippen molar-refractivity contribution in [3.05, 3.63) is 112 Å². The summed E-state index contributed by atoms with van der Waals surface area (Å²) in [4.78, 5) is 31.4. The maximum absolute atomic E-state index is 13.5. The van der Waals surface area contributed by atoms with Gasteiger partial charge in [-0.1, -0.05) is 60.1 Å². The van der Waals surface area contributed by atoms with Crippen LogP contribution in [-0.2, 0) is 22.2 Å². The fourth-order valence-electron chi connectivity index (χ4n) is 4.24. The first-order valence-corrected chi connectivity index (χ1v) is 12.9. The van der Waals surface area contributed by atoms with Crippen LogP contribution in [-0.4, -0.2) is 42.2 Å². The number of hydrogen-bond acceptors (Lipinski definition) is 4. The van der Waals surface area contributed by atoms with Crippen LogP contribution in [0.1, 0.15) is 21.5 Å². The SMILES string of the molecule is CON(C)C(=O)[C@@H](Cc1ccc(-c2ccc(F)c(Cl)c2)cc1)NC(=O)c1cc(-c2ccc(C(F)(F)F)cc2)ccc1O. The molecule has 0 bridgehead atoms. The Balaban J connectivity index is 1.57. The summed E-state index contributed by atoms with van der Waals surface area (Å²) in [6.07, 6.45) is -4.44.